The van der Waals surface area contributed by atoms with Gasteiger partial charge in [-0.2, -0.15) is 0 Å². The molecule has 0 atom stereocenters. The monoisotopic (exact) mass is 450 g/mol. The topological polar surface area (TPSA) is 4.93 Å². The molecule has 1 aromatic heterocycles. The fraction of sp³-hybridized carbons (Fsp3) is 0. The van der Waals surface area contributed by atoms with E-state index in [1.165, 1.54) is 30.6 Å². The standard InChI is InChI=1S/C18H12N.Pb/c1-3-9-16-14(6-1)8-5-11-18(16)19-13-12-15-7-2-4-10-17(15)19;/h1-12H;. The van der Waals surface area contributed by atoms with Gasteiger partial charge in [-0.3, -0.25) is 0 Å². The molecule has 0 amide bonds. The molecule has 4 aromatic rings. The van der Waals surface area contributed by atoms with Crippen LogP contribution in [0, 0.1) is 0 Å². The molecule has 0 saturated carbocycles. The second-order valence-corrected chi connectivity index (χ2v) is 6.91. The van der Waals surface area contributed by atoms with Crippen molar-refractivity contribution < 1.29 is 0 Å². The van der Waals surface area contributed by atoms with E-state index in [4.69, 9.17) is 0 Å². The van der Waals surface area contributed by atoms with Gasteiger partial charge in [0.05, 0.1) is 0 Å². The molecule has 3 radical (unpaired) electrons. The van der Waals surface area contributed by atoms with Crippen LogP contribution >= 0.6 is 0 Å². The molecule has 93 valence electrons. The zero-order valence-corrected chi connectivity index (χ0v) is 14.8. The number of nitrogens with zero attached hydrogens (tertiary/aromatic N) is 1. The second kappa shape index (κ2) is 4.74. The van der Waals surface area contributed by atoms with E-state index in [1.807, 2.05) is 0 Å². The van der Waals surface area contributed by atoms with Crippen molar-refractivity contribution in [2.24, 2.45) is 0 Å². The van der Waals surface area contributed by atoms with Crippen LogP contribution in [-0.2, 0) is 0 Å². The van der Waals surface area contributed by atoms with Gasteiger partial charge in [0.25, 0.3) is 0 Å². The summed E-state index contributed by atoms with van der Waals surface area (Å²) in [4.78, 5) is 0. The Labute approximate surface area is 133 Å². The molecule has 0 unspecified atom stereocenters. The van der Waals surface area contributed by atoms with Crippen molar-refractivity contribution in [3.8, 4) is 5.69 Å². The fourth-order valence-electron chi connectivity index (χ4n) is 2.82. The number of para-hydroxylation sites is 1. The van der Waals surface area contributed by atoms with Crippen LogP contribution in [0.1, 0.15) is 0 Å². The van der Waals surface area contributed by atoms with Gasteiger partial charge in [-0.25, -0.2) is 0 Å². The van der Waals surface area contributed by atoms with Gasteiger partial charge < -0.3 is 0 Å². The molecule has 1 nitrogen and oxygen atoms in total. The zero-order valence-electron chi connectivity index (χ0n) is 10.9. The summed E-state index contributed by atoms with van der Waals surface area (Å²) in [5.41, 5.74) is 2.59. The SMILES string of the molecule is [Pb][c]1cc2ccccc2n1-c1cccc2ccccc12. The summed E-state index contributed by atoms with van der Waals surface area (Å²) in [5, 5.41) is 3.93. The molecule has 0 aliphatic rings. The zero-order chi connectivity index (χ0) is 13.5. The average molecular weight is 450 g/mol. The summed E-state index contributed by atoms with van der Waals surface area (Å²) in [6, 6.07) is 26.1. The van der Waals surface area contributed by atoms with Crippen molar-refractivity contribution in [1.82, 2.24) is 4.57 Å². The van der Waals surface area contributed by atoms with Gasteiger partial charge in [-0.15, -0.1) is 0 Å². The molecule has 0 saturated heterocycles. The first-order valence-corrected chi connectivity index (χ1v) is 8.59. The maximum absolute atomic E-state index is 2.41. The number of rotatable bonds is 1. The van der Waals surface area contributed by atoms with Gasteiger partial charge in [-0.1, -0.05) is 0 Å². The van der Waals surface area contributed by atoms with Gasteiger partial charge in [0.1, 0.15) is 0 Å². The molecule has 3 aromatic carbocycles. The van der Waals surface area contributed by atoms with Crippen molar-refractivity contribution in [2.45, 2.75) is 0 Å². The molecule has 2 heteroatoms. The summed E-state index contributed by atoms with van der Waals surface area (Å²) in [6.07, 6.45) is 0. The predicted molar refractivity (Wildman–Crippen MR) is 86.2 cm³/mol. The van der Waals surface area contributed by atoms with Gasteiger partial charge in [0.15, 0.2) is 0 Å². The van der Waals surface area contributed by atoms with E-state index < -0.39 is 0 Å². The van der Waals surface area contributed by atoms with E-state index in [2.05, 4.69) is 77.4 Å². The Bertz CT molecular complexity index is 916. The first-order chi connectivity index (χ1) is 9.84. The van der Waals surface area contributed by atoms with E-state index in [1.54, 1.807) is 0 Å². The number of hydrogen-bond acceptors (Lipinski definition) is 0. The Morgan fingerprint density at radius 3 is 2.30 bits per heavy atom. The molecule has 0 aliphatic heterocycles. The minimum absolute atomic E-state index is 1.04. The van der Waals surface area contributed by atoms with Crippen LogP contribution in [0.4, 0.5) is 0 Å². The number of hydrogen-bond donors (Lipinski definition) is 0. The second-order valence-electron chi connectivity index (χ2n) is 4.92. The molecule has 1 heterocycles. The Morgan fingerprint density at radius 2 is 1.40 bits per heavy atom. The average Bonchev–Trinajstić information content (AvgIpc) is 2.82. The quantitative estimate of drug-likeness (QED) is 0.392. The van der Waals surface area contributed by atoms with Crippen LogP contribution in [0.3, 0.4) is 0 Å². The van der Waals surface area contributed by atoms with E-state index >= 15 is 0 Å². The van der Waals surface area contributed by atoms with E-state index in [-0.39, 0.29) is 0 Å². The molecule has 0 fully saturated rings. The molecule has 0 aliphatic carbocycles. The van der Waals surface area contributed by atoms with Crippen molar-refractivity contribution in [3.05, 3.63) is 72.8 Å². The first kappa shape index (κ1) is 12.1. The summed E-state index contributed by atoms with van der Waals surface area (Å²) in [7, 11) is 0. The summed E-state index contributed by atoms with van der Waals surface area (Å²) < 4.78 is 3.81. The third kappa shape index (κ3) is 1.80. The normalized spacial score (nSPS) is 11.2. The Hall–Kier alpha value is -1.62. The summed E-state index contributed by atoms with van der Waals surface area (Å²) >= 11 is 1.04. The summed E-state index contributed by atoms with van der Waals surface area (Å²) in [5.74, 6) is 0. The van der Waals surface area contributed by atoms with Crippen LogP contribution in [0.25, 0.3) is 27.4 Å². The minimum atomic E-state index is 1.04. The van der Waals surface area contributed by atoms with Crippen LogP contribution in [0.2, 0.25) is 0 Å². The Kier molecular flexibility index (Phi) is 2.88. The van der Waals surface area contributed by atoms with Crippen LogP contribution in [0.5, 0.6) is 0 Å². The maximum atomic E-state index is 2.41. The van der Waals surface area contributed by atoms with Crippen molar-refractivity contribution >= 4 is 50.7 Å². The van der Waals surface area contributed by atoms with Crippen molar-refractivity contribution in [1.29, 1.82) is 0 Å². The molecule has 0 spiro atoms. The van der Waals surface area contributed by atoms with Crippen LogP contribution in [0.15, 0.2) is 72.8 Å². The number of fused-ring (bicyclic) bond motifs is 2. The van der Waals surface area contributed by atoms with Crippen molar-refractivity contribution in [3.63, 3.8) is 0 Å². The van der Waals surface area contributed by atoms with Crippen LogP contribution in [-0.4, -0.2) is 30.3 Å². The van der Waals surface area contributed by atoms with Crippen LogP contribution < -0.4 is 3.25 Å². The fourth-order valence-corrected chi connectivity index (χ4v) is 4.36. The van der Waals surface area contributed by atoms with E-state index in [0.717, 1.165) is 25.8 Å². The third-order valence-electron chi connectivity index (χ3n) is 3.72. The molecule has 0 N–H and O–H groups in total. The number of aromatic nitrogens is 1. The molecule has 0 bridgehead atoms. The summed E-state index contributed by atoms with van der Waals surface area (Å²) in [6.45, 7) is 0. The third-order valence-corrected chi connectivity index (χ3v) is 5.15. The van der Waals surface area contributed by atoms with E-state index in [0.29, 0.717) is 0 Å². The van der Waals surface area contributed by atoms with Gasteiger partial charge >= 0.3 is 134 Å². The Balaban J connectivity index is 2.14. The van der Waals surface area contributed by atoms with E-state index in [9.17, 15) is 0 Å². The van der Waals surface area contributed by atoms with Gasteiger partial charge in [-0.05, 0) is 0 Å². The predicted octanol–water partition coefficient (Wildman–Crippen LogP) is 3.58. The molecule has 4 rings (SSSR count). The first-order valence-electron chi connectivity index (χ1n) is 6.65. The number of benzene rings is 3. The Morgan fingerprint density at radius 1 is 0.700 bits per heavy atom. The van der Waals surface area contributed by atoms with Gasteiger partial charge in [0, 0.05) is 0 Å². The molecule has 20 heavy (non-hydrogen) atoms. The molecular formula is C18H12NPb. The molecular weight excluding hydrogens is 437 g/mol. The van der Waals surface area contributed by atoms with Crippen molar-refractivity contribution in [2.75, 3.05) is 0 Å². The van der Waals surface area contributed by atoms with Gasteiger partial charge in [0.2, 0.25) is 0 Å².